The van der Waals surface area contributed by atoms with Crippen LogP contribution in [0.1, 0.15) is 68.1 Å². The fourth-order valence-corrected chi connectivity index (χ4v) is 7.35. The van der Waals surface area contributed by atoms with Crippen LogP contribution < -0.4 is 0 Å². The second-order valence-electron chi connectivity index (χ2n) is 15.3. The molecule has 0 aliphatic heterocycles. The molecule has 7 rings (SSSR count). The van der Waals surface area contributed by atoms with Crippen LogP contribution in [0.5, 0.6) is 0 Å². The summed E-state index contributed by atoms with van der Waals surface area (Å²) in [5.74, 6) is 2.63. The van der Waals surface area contributed by atoms with Crippen molar-refractivity contribution in [3.8, 4) is 45.3 Å². The Kier molecular flexibility index (Phi) is 11.0. The monoisotopic (exact) mass is 743 g/mol. The van der Waals surface area contributed by atoms with Crippen molar-refractivity contribution in [2.45, 2.75) is 62.3 Å². The number of hydrogen-bond acceptors (Lipinski definition) is 4. The maximum absolute atomic E-state index is 5.13. The van der Waals surface area contributed by atoms with E-state index in [1.54, 1.807) is 0 Å². The first-order valence-electron chi connectivity index (χ1n) is 19.4. The number of amidine groups is 1. The Balaban J connectivity index is 1.19. The topological polar surface area (TPSA) is 63.4 Å². The van der Waals surface area contributed by atoms with Crippen molar-refractivity contribution in [1.82, 2.24) is 15.0 Å². The van der Waals surface area contributed by atoms with Crippen molar-refractivity contribution in [2.75, 3.05) is 0 Å². The largest absolute Gasteiger partial charge is 0.233 e. The third-order valence-electron chi connectivity index (χ3n) is 10.5. The molecule has 0 N–H and O–H groups in total. The first kappa shape index (κ1) is 38.7. The number of aliphatic imine (C=N–C) groups is 2. The average Bonchev–Trinajstić information content (AvgIpc) is 3.17. The second-order valence-corrected chi connectivity index (χ2v) is 15.3. The molecular weight excluding hydrogens is 695 g/mol. The molecule has 0 spiro atoms. The molecule has 0 amide bonds. The summed E-state index contributed by atoms with van der Waals surface area (Å²) in [5.41, 5.74) is 19.1. The van der Waals surface area contributed by atoms with Gasteiger partial charge in [-0.25, -0.2) is 24.9 Å². The predicted molar refractivity (Wildman–Crippen MR) is 240 cm³/mol. The van der Waals surface area contributed by atoms with E-state index in [9.17, 15) is 0 Å². The summed E-state index contributed by atoms with van der Waals surface area (Å²) in [7, 11) is 0. The Morgan fingerprint density at radius 2 is 0.825 bits per heavy atom. The maximum atomic E-state index is 5.13. The molecule has 0 aliphatic rings. The van der Waals surface area contributed by atoms with Crippen molar-refractivity contribution >= 4 is 17.2 Å². The molecule has 0 fully saturated rings. The van der Waals surface area contributed by atoms with Crippen LogP contribution in [0.4, 0.5) is 0 Å². The van der Waals surface area contributed by atoms with Crippen LogP contribution in [-0.4, -0.2) is 26.5 Å². The van der Waals surface area contributed by atoms with Gasteiger partial charge in [0.1, 0.15) is 0 Å². The molecule has 0 saturated heterocycles. The molecule has 57 heavy (non-hydrogen) atoms. The van der Waals surface area contributed by atoms with Crippen molar-refractivity contribution in [3.05, 3.63) is 189 Å². The highest BCUT2D eigenvalue weighted by atomic mass is 15.0. The van der Waals surface area contributed by atoms with E-state index >= 15 is 0 Å². The lowest BCUT2D eigenvalue weighted by atomic mass is 10.0. The van der Waals surface area contributed by atoms with Crippen LogP contribution in [0.3, 0.4) is 0 Å². The van der Waals surface area contributed by atoms with Gasteiger partial charge in [-0.3, -0.25) is 0 Å². The molecule has 0 unspecified atom stereocenters. The lowest BCUT2D eigenvalue weighted by Crippen LogP contribution is -2.06. The molecule has 0 atom stereocenters. The van der Waals surface area contributed by atoms with E-state index in [1.807, 2.05) is 6.92 Å². The van der Waals surface area contributed by atoms with E-state index in [-0.39, 0.29) is 0 Å². The van der Waals surface area contributed by atoms with Gasteiger partial charge in [0.25, 0.3) is 0 Å². The zero-order valence-electron chi connectivity index (χ0n) is 34.5. The fraction of sp³-hybridized carbons (Fsp3) is 0.173. The third kappa shape index (κ3) is 8.63. The van der Waals surface area contributed by atoms with Crippen LogP contribution in [0.15, 0.2) is 138 Å². The number of nitrogens with zero attached hydrogens (tertiary/aromatic N) is 5. The Morgan fingerprint density at radius 3 is 1.30 bits per heavy atom. The van der Waals surface area contributed by atoms with Gasteiger partial charge in [-0.2, -0.15) is 0 Å². The molecular formula is C52H49N5. The third-order valence-corrected chi connectivity index (χ3v) is 10.5. The van der Waals surface area contributed by atoms with Crippen molar-refractivity contribution in [3.63, 3.8) is 0 Å². The van der Waals surface area contributed by atoms with Crippen molar-refractivity contribution in [1.29, 1.82) is 0 Å². The van der Waals surface area contributed by atoms with E-state index in [4.69, 9.17) is 24.9 Å². The zero-order valence-corrected chi connectivity index (χ0v) is 34.5. The molecule has 5 heteroatoms. The van der Waals surface area contributed by atoms with Gasteiger partial charge < -0.3 is 0 Å². The fourth-order valence-electron chi connectivity index (χ4n) is 7.35. The van der Waals surface area contributed by atoms with E-state index in [0.717, 1.165) is 72.5 Å². The smallest absolute Gasteiger partial charge is 0.164 e. The molecule has 0 bridgehead atoms. The summed E-state index contributed by atoms with van der Waals surface area (Å²) in [4.78, 5) is 25.2. The second kappa shape index (κ2) is 16.3. The van der Waals surface area contributed by atoms with Crippen LogP contribution in [-0.2, 0) is 0 Å². The number of benzene rings is 6. The summed E-state index contributed by atoms with van der Waals surface area (Å²) in [6, 6.07) is 42.5. The molecule has 7 aromatic rings. The summed E-state index contributed by atoms with van der Waals surface area (Å²) in [6.07, 6.45) is 0. The minimum absolute atomic E-state index is 0.644. The summed E-state index contributed by atoms with van der Waals surface area (Å²) >= 11 is 0. The minimum atomic E-state index is 0.644. The number of aromatic nitrogens is 3. The number of hydrogen-bond donors (Lipinski definition) is 0. The summed E-state index contributed by atoms with van der Waals surface area (Å²) < 4.78 is 0. The minimum Gasteiger partial charge on any atom is -0.233 e. The lowest BCUT2D eigenvalue weighted by Gasteiger charge is -2.12. The highest BCUT2D eigenvalue weighted by molar-refractivity contribution is 6.13. The quantitative estimate of drug-likeness (QED) is 0.115. The molecule has 0 radical (unpaired) electrons. The lowest BCUT2D eigenvalue weighted by molar-refractivity contribution is 1.07. The SMILES string of the molecule is C=C(/N=C(\N=C(/C)c1ccc(-c2ccc(-c3nc(-c4ccc(C)cc4C)nc(-c4ccc(C)cc4C)n3)cc2)cc1)c1ccc(C)cc1C)c1ccc(C)cc1C. The first-order chi connectivity index (χ1) is 27.3. The van der Waals surface area contributed by atoms with E-state index in [0.29, 0.717) is 29.0 Å². The number of aryl methyl sites for hydroxylation is 8. The van der Waals surface area contributed by atoms with E-state index in [2.05, 4.69) is 183 Å². The Labute approximate surface area is 337 Å². The normalized spacial score (nSPS) is 11.9. The van der Waals surface area contributed by atoms with Gasteiger partial charge in [0, 0.05) is 33.5 Å². The molecule has 0 aliphatic carbocycles. The standard InChI is InChI=1S/C52H49N5/c1-31-11-23-45(35(5)27-31)40(10)54-50(46-24-12-32(2)28-36(46)6)53-39(9)41-15-17-42(18-16-41)43-19-21-44(22-20-43)49-55-51(47-25-13-33(3)29-37(47)7)57-52(56-49)48-26-14-34(4)30-38(48)8/h11-30H,10H2,1-9H3/b53-39+,54-50-. The number of rotatable bonds is 8. The molecule has 1 aromatic heterocycles. The van der Waals surface area contributed by atoms with Gasteiger partial charge in [0.15, 0.2) is 23.3 Å². The van der Waals surface area contributed by atoms with Crippen LogP contribution in [0.25, 0.3) is 51.0 Å². The highest BCUT2D eigenvalue weighted by Crippen LogP contribution is 2.30. The average molecular weight is 744 g/mol. The molecule has 282 valence electrons. The zero-order chi connectivity index (χ0) is 40.4. The van der Waals surface area contributed by atoms with Crippen LogP contribution in [0, 0.1) is 55.4 Å². The predicted octanol–water partition coefficient (Wildman–Crippen LogP) is 12.9. The van der Waals surface area contributed by atoms with Gasteiger partial charge in [-0.05, 0) is 101 Å². The van der Waals surface area contributed by atoms with E-state index < -0.39 is 0 Å². The Bertz CT molecular complexity index is 2650. The Hall–Kier alpha value is -6.59. The first-order valence-corrected chi connectivity index (χ1v) is 19.4. The van der Waals surface area contributed by atoms with Crippen LogP contribution >= 0.6 is 0 Å². The summed E-state index contributed by atoms with van der Waals surface area (Å²) in [6.45, 7) is 23.2. The van der Waals surface area contributed by atoms with Crippen LogP contribution in [0.2, 0.25) is 0 Å². The highest BCUT2D eigenvalue weighted by Gasteiger charge is 2.16. The van der Waals surface area contributed by atoms with E-state index in [1.165, 1.54) is 22.3 Å². The van der Waals surface area contributed by atoms with Gasteiger partial charge in [0.05, 0.1) is 5.70 Å². The molecule has 0 saturated carbocycles. The van der Waals surface area contributed by atoms with Gasteiger partial charge in [-0.1, -0.05) is 150 Å². The van der Waals surface area contributed by atoms with Crippen molar-refractivity contribution < 1.29 is 0 Å². The van der Waals surface area contributed by atoms with Gasteiger partial charge >= 0.3 is 0 Å². The molecule has 6 aromatic carbocycles. The molecule has 5 nitrogen and oxygen atoms in total. The Morgan fingerprint density at radius 1 is 0.421 bits per heavy atom. The van der Waals surface area contributed by atoms with Gasteiger partial charge in [0.2, 0.25) is 0 Å². The van der Waals surface area contributed by atoms with Crippen molar-refractivity contribution in [2.24, 2.45) is 9.98 Å². The molecule has 1 heterocycles. The maximum Gasteiger partial charge on any atom is 0.164 e. The van der Waals surface area contributed by atoms with Gasteiger partial charge in [-0.15, -0.1) is 0 Å². The summed E-state index contributed by atoms with van der Waals surface area (Å²) in [5, 5.41) is 0.